The smallest absolute Gasteiger partial charge is 0.311 e. The van der Waals surface area contributed by atoms with Crippen LogP contribution < -0.4 is 0 Å². The summed E-state index contributed by atoms with van der Waals surface area (Å²) in [7, 11) is -6.04. The van der Waals surface area contributed by atoms with E-state index in [1.165, 1.54) is 18.1 Å². The number of halogens is 1. The van der Waals surface area contributed by atoms with Gasteiger partial charge in [-0.05, 0) is 42.3 Å². The van der Waals surface area contributed by atoms with E-state index in [2.05, 4.69) is 61.6 Å². The summed E-state index contributed by atoms with van der Waals surface area (Å²) in [6.45, 7) is 19.9. The van der Waals surface area contributed by atoms with Crippen molar-refractivity contribution in [1.82, 2.24) is 0 Å². The maximum atomic E-state index is 6.94. The van der Waals surface area contributed by atoms with Crippen molar-refractivity contribution in [3.8, 4) is 0 Å². The molecule has 0 N–H and O–H groups in total. The van der Waals surface area contributed by atoms with Crippen LogP contribution in [0.3, 0.4) is 0 Å². The average Bonchev–Trinajstić information content (AvgIpc) is 2.35. The lowest BCUT2D eigenvalue weighted by molar-refractivity contribution is 0.377. The molecule has 0 spiro atoms. The molecule has 0 saturated heterocycles. The van der Waals surface area contributed by atoms with Gasteiger partial charge in [0.05, 0.1) is 0 Å². The van der Waals surface area contributed by atoms with Crippen LogP contribution in [0.5, 0.6) is 0 Å². The molecule has 0 unspecified atom stereocenters. The Morgan fingerprint density at radius 2 is 1.15 bits per heavy atom. The fraction of sp³-hybridized carbons (Fsp3) is 1.00. The first-order valence-electron chi connectivity index (χ1n) is 8.07. The lowest BCUT2D eigenvalue weighted by Crippen LogP contribution is -2.55. The van der Waals surface area contributed by atoms with Crippen LogP contribution in [0.15, 0.2) is 0 Å². The second-order valence-electron chi connectivity index (χ2n) is 6.85. The highest BCUT2D eigenvalue weighted by atomic mass is 35.6. The molecule has 20 heavy (non-hydrogen) atoms. The summed E-state index contributed by atoms with van der Waals surface area (Å²) < 4.78 is 13.2. The second kappa shape index (κ2) is 7.92. The molecule has 0 aliphatic heterocycles. The van der Waals surface area contributed by atoms with Gasteiger partial charge >= 0.3 is 8.56 Å². The minimum atomic E-state index is -2.25. The molecule has 0 aromatic rings. The zero-order valence-corrected chi connectivity index (χ0v) is 18.7. The Morgan fingerprint density at radius 1 is 0.800 bits per heavy atom. The maximum absolute atomic E-state index is 6.94. The monoisotopic (exact) mass is 354 g/mol. The van der Waals surface area contributed by atoms with Gasteiger partial charge in [0, 0.05) is 0 Å². The van der Waals surface area contributed by atoms with Gasteiger partial charge in [0.15, 0.2) is 8.32 Å². The van der Waals surface area contributed by atoms with Gasteiger partial charge in [0.25, 0.3) is 7.63 Å². The Balaban J connectivity index is 5.14. The van der Waals surface area contributed by atoms with Gasteiger partial charge in [-0.3, -0.25) is 0 Å². The summed E-state index contributed by atoms with van der Waals surface area (Å²) in [5.74, 6) is 0. The summed E-state index contributed by atoms with van der Waals surface area (Å²) in [4.78, 5) is 0. The number of rotatable bonds is 9. The van der Waals surface area contributed by atoms with Gasteiger partial charge < -0.3 is 8.23 Å². The van der Waals surface area contributed by atoms with Crippen molar-refractivity contribution < 1.29 is 8.23 Å². The average molecular weight is 355 g/mol. The van der Waals surface area contributed by atoms with Gasteiger partial charge in [0.2, 0.25) is 0 Å². The van der Waals surface area contributed by atoms with E-state index in [0.29, 0.717) is 11.1 Å². The molecular weight excluding hydrogens is 320 g/mol. The van der Waals surface area contributed by atoms with E-state index < -0.39 is 24.5 Å². The predicted molar refractivity (Wildman–Crippen MR) is 98.7 cm³/mol. The van der Waals surface area contributed by atoms with Crippen LogP contribution in [0, 0.1) is 0 Å². The van der Waals surface area contributed by atoms with Crippen molar-refractivity contribution in [2.45, 2.75) is 90.8 Å². The van der Waals surface area contributed by atoms with E-state index in [4.69, 9.17) is 19.3 Å². The normalized spacial score (nSPS) is 14.4. The minimum absolute atomic E-state index is 0.403. The third-order valence-electron chi connectivity index (χ3n) is 4.37. The molecule has 0 aromatic heterocycles. The molecule has 0 atom stereocenters. The van der Waals surface area contributed by atoms with E-state index in [-0.39, 0.29) is 0 Å². The van der Waals surface area contributed by atoms with Crippen LogP contribution in [0.2, 0.25) is 42.3 Å². The summed E-state index contributed by atoms with van der Waals surface area (Å²) in [6.07, 6.45) is 0. The molecule has 0 aromatic carbocycles. The third kappa shape index (κ3) is 5.25. The van der Waals surface area contributed by atoms with Crippen molar-refractivity contribution in [2.24, 2.45) is 0 Å². The van der Waals surface area contributed by atoms with Crippen molar-refractivity contribution in [2.75, 3.05) is 0 Å². The number of hydrogen-bond donors (Lipinski definition) is 0. The Hall–Kier alpha value is 0.861. The Kier molecular flexibility index (Phi) is 8.26. The van der Waals surface area contributed by atoms with Crippen LogP contribution in [0.25, 0.3) is 0 Å². The highest BCUT2D eigenvalue weighted by Gasteiger charge is 2.48. The topological polar surface area (TPSA) is 18.5 Å². The summed E-state index contributed by atoms with van der Waals surface area (Å²) in [5.41, 5.74) is 0.806. The molecule has 0 rings (SSSR count). The van der Waals surface area contributed by atoms with Crippen molar-refractivity contribution >= 4 is 35.6 Å². The molecule has 0 fully saturated rings. The second-order valence-corrected chi connectivity index (χ2v) is 21.3. The largest absolute Gasteiger partial charge is 0.436 e. The van der Waals surface area contributed by atoms with Gasteiger partial charge in [-0.1, -0.05) is 48.5 Å². The summed E-state index contributed by atoms with van der Waals surface area (Å²) in [5, 5.41) is 0. The van der Waals surface area contributed by atoms with Gasteiger partial charge in [-0.15, -0.1) is 11.1 Å². The van der Waals surface area contributed by atoms with Crippen molar-refractivity contribution in [3.05, 3.63) is 0 Å². The van der Waals surface area contributed by atoms with Crippen LogP contribution >= 0.6 is 11.1 Å². The molecule has 122 valence electrons. The molecule has 0 heterocycles. The lowest BCUT2D eigenvalue weighted by atomic mass is 10.5. The van der Waals surface area contributed by atoms with Gasteiger partial charge in [0.1, 0.15) is 0 Å². The van der Waals surface area contributed by atoms with Crippen molar-refractivity contribution in [1.29, 1.82) is 0 Å². The van der Waals surface area contributed by atoms with Gasteiger partial charge in [-0.2, -0.15) is 0 Å². The lowest BCUT2D eigenvalue weighted by Gasteiger charge is -2.43. The molecule has 0 aliphatic carbocycles. The third-order valence-corrected chi connectivity index (χ3v) is 21.6. The molecule has 0 radical (unpaired) electrons. The molecule has 0 aliphatic rings. The van der Waals surface area contributed by atoms with Crippen molar-refractivity contribution in [3.63, 3.8) is 0 Å². The highest BCUT2D eigenvalue weighted by molar-refractivity contribution is 7.20. The Bertz CT molecular complexity index is 276. The fourth-order valence-corrected chi connectivity index (χ4v) is 18.6. The quantitative estimate of drug-likeness (QED) is 0.361. The van der Waals surface area contributed by atoms with Crippen LogP contribution in [0.1, 0.15) is 48.5 Å². The molecule has 0 amide bonds. The van der Waals surface area contributed by atoms with E-state index in [9.17, 15) is 0 Å². The molecule has 0 bridgehead atoms. The van der Waals surface area contributed by atoms with Crippen LogP contribution in [-0.2, 0) is 8.23 Å². The molecule has 0 saturated carbocycles. The summed E-state index contributed by atoms with van der Waals surface area (Å²) in [6, 6.07) is 3.50. The SMILES string of the molecule is CC[Si](CC)(CC)O[Si](C)(C)O[Si](Cl)(C(C)C)C(C)C. The molecular formula is C14H35ClO2Si3. The first kappa shape index (κ1) is 20.9. The number of hydrogen-bond acceptors (Lipinski definition) is 2. The van der Waals surface area contributed by atoms with Gasteiger partial charge in [-0.25, -0.2) is 0 Å². The van der Waals surface area contributed by atoms with E-state index >= 15 is 0 Å². The fourth-order valence-electron chi connectivity index (χ4n) is 2.79. The zero-order chi connectivity index (χ0) is 16.2. The predicted octanol–water partition coefficient (Wildman–Crippen LogP) is 6.23. The van der Waals surface area contributed by atoms with E-state index in [1.807, 2.05) is 0 Å². The van der Waals surface area contributed by atoms with Crippen LogP contribution in [0.4, 0.5) is 0 Å². The Morgan fingerprint density at radius 3 is 1.40 bits per heavy atom. The standard InChI is InChI=1S/C14H35ClO2Si3/c1-10-19(11-2,12-3)16-18(8,9)17-20(15,13(4)5)14(6)7/h13-14H,10-12H2,1-9H3. The summed E-state index contributed by atoms with van der Waals surface area (Å²) >= 11 is 6.94. The van der Waals surface area contributed by atoms with E-state index in [0.717, 1.165) is 0 Å². The minimum Gasteiger partial charge on any atom is -0.436 e. The molecule has 6 heteroatoms. The van der Waals surface area contributed by atoms with Crippen LogP contribution in [-0.4, -0.2) is 24.5 Å². The highest BCUT2D eigenvalue weighted by Crippen LogP contribution is 2.40. The first-order valence-corrected chi connectivity index (χ1v) is 16.5. The molecule has 2 nitrogen and oxygen atoms in total. The maximum Gasteiger partial charge on any atom is 0.311 e. The zero-order valence-electron chi connectivity index (χ0n) is 15.0. The Labute approximate surface area is 134 Å². The first-order chi connectivity index (χ1) is 8.98. The van der Waals surface area contributed by atoms with E-state index in [1.54, 1.807) is 0 Å².